The van der Waals surface area contributed by atoms with Gasteiger partial charge in [0.2, 0.25) is 17.6 Å². The fourth-order valence-corrected chi connectivity index (χ4v) is 3.75. The molecule has 0 saturated carbocycles. The lowest BCUT2D eigenvalue weighted by molar-refractivity contribution is -0.144. The molecule has 1 fully saturated rings. The molecule has 0 bridgehead atoms. The number of aryl methyl sites for hydroxylation is 1. The molecule has 4 rings (SSSR count). The molecule has 0 aromatic heterocycles. The van der Waals surface area contributed by atoms with Crippen molar-refractivity contribution < 1.29 is 32.1 Å². The fraction of sp³-hybridized carbons (Fsp3) is 0.304. The molecule has 1 saturated heterocycles. The van der Waals surface area contributed by atoms with Crippen LogP contribution in [0.5, 0.6) is 0 Å². The number of fused-ring (bicyclic) bond motifs is 1. The molecule has 2 heterocycles. The van der Waals surface area contributed by atoms with Gasteiger partial charge < -0.3 is 4.90 Å². The predicted molar refractivity (Wildman–Crippen MR) is 111 cm³/mol. The van der Waals surface area contributed by atoms with E-state index in [4.69, 9.17) is 15.7 Å². The van der Waals surface area contributed by atoms with E-state index in [-0.39, 0.29) is 41.1 Å². The Labute approximate surface area is 191 Å². The van der Waals surface area contributed by atoms with Gasteiger partial charge in [-0.15, -0.1) is 0 Å². The molecule has 166 valence electrons. The van der Waals surface area contributed by atoms with E-state index in [0.717, 1.165) is 17.0 Å². The maximum atomic E-state index is 14.7. The molecular weight excluding hydrogens is 442 g/mol. The molecule has 0 spiro atoms. The number of benzene rings is 2. The van der Waals surface area contributed by atoms with Crippen LogP contribution in [0.3, 0.4) is 0 Å². The number of nitrogens with zero attached hydrogens (tertiary/aromatic N) is 1. The number of halogens is 3. The Bertz CT molecular complexity index is 1260. The third-order valence-electron chi connectivity index (χ3n) is 5.35. The summed E-state index contributed by atoms with van der Waals surface area (Å²) in [6.07, 6.45) is -3.94. The molecule has 0 radical (unpaired) electrons. The number of imide groups is 1. The zero-order valence-corrected chi connectivity index (χ0v) is 17.3. The number of rotatable bonds is 6. The van der Waals surface area contributed by atoms with E-state index in [1.807, 2.05) is 5.32 Å². The first-order chi connectivity index (χ1) is 16.3. The lowest BCUT2D eigenvalue weighted by Gasteiger charge is -2.29. The SMILES string of the molecule is [2H]C([2H])(CC(=O)C(F)(F)c1ccc(Cl)cc1)c1ccc2c(c1)CN([C@@]1([2H])CCC(=O)NC1=O)C2=O. The minimum Gasteiger partial charge on any atom is -0.322 e. The van der Waals surface area contributed by atoms with Crippen molar-refractivity contribution in [1.29, 1.82) is 0 Å². The van der Waals surface area contributed by atoms with Crippen molar-refractivity contribution >= 4 is 35.1 Å². The topological polar surface area (TPSA) is 83.6 Å². The molecule has 2 aromatic carbocycles. The summed E-state index contributed by atoms with van der Waals surface area (Å²) in [5.41, 5.74) is -0.306. The summed E-state index contributed by atoms with van der Waals surface area (Å²) in [5.74, 6) is -7.68. The van der Waals surface area contributed by atoms with E-state index >= 15 is 0 Å². The van der Waals surface area contributed by atoms with Crippen LogP contribution in [0.1, 0.15) is 50.4 Å². The van der Waals surface area contributed by atoms with Crippen LogP contribution in [0.4, 0.5) is 8.78 Å². The zero-order valence-electron chi connectivity index (χ0n) is 19.6. The van der Waals surface area contributed by atoms with Crippen LogP contribution < -0.4 is 5.32 Å². The van der Waals surface area contributed by atoms with E-state index in [1.165, 1.54) is 30.3 Å². The number of carbonyl (C=O) groups excluding carboxylic acids is 4. The van der Waals surface area contributed by atoms with Gasteiger partial charge in [-0.1, -0.05) is 35.9 Å². The molecule has 0 unspecified atom stereocenters. The average Bonchev–Trinajstić information content (AvgIpc) is 3.13. The van der Waals surface area contributed by atoms with Crippen LogP contribution >= 0.6 is 11.6 Å². The number of nitrogens with one attached hydrogen (secondary N) is 1. The molecule has 9 heteroatoms. The number of amides is 3. The van der Waals surface area contributed by atoms with Crippen LogP contribution in [0.15, 0.2) is 42.5 Å². The Morgan fingerprint density at radius 1 is 1.22 bits per heavy atom. The molecule has 1 atom stereocenters. The largest absolute Gasteiger partial charge is 0.330 e. The second kappa shape index (κ2) is 8.43. The summed E-state index contributed by atoms with van der Waals surface area (Å²) < 4.78 is 54.4. The van der Waals surface area contributed by atoms with E-state index in [9.17, 15) is 28.0 Å². The molecule has 2 aliphatic heterocycles. The minimum absolute atomic E-state index is 0.103. The van der Waals surface area contributed by atoms with Gasteiger partial charge in [0, 0.05) is 38.3 Å². The van der Waals surface area contributed by atoms with E-state index in [0.29, 0.717) is 0 Å². The van der Waals surface area contributed by atoms with Gasteiger partial charge in [-0.2, -0.15) is 8.78 Å². The van der Waals surface area contributed by atoms with Crippen LogP contribution in [0, 0.1) is 0 Å². The average molecular weight is 464 g/mol. The smallest absolute Gasteiger partial charge is 0.322 e. The standard InChI is InChI=1S/C23H19ClF2N2O4/c24-16-5-3-15(4-6-16)23(25,26)19(29)9-2-13-1-7-17-14(11-13)12-28(22(17)32)18-8-10-20(30)27-21(18)31/h1,3-7,11,18H,2,8-10,12H2,(H,27,30,31)/t18-/m0/s1/i2D2,18D. The van der Waals surface area contributed by atoms with Gasteiger partial charge >= 0.3 is 5.92 Å². The van der Waals surface area contributed by atoms with Gasteiger partial charge in [-0.3, -0.25) is 24.5 Å². The minimum atomic E-state index is -3.94. The molecular formula is C23H19ClF2N2O4. The van der Waals surface area contributed by atoms with Crippen LogP contribution in [0.25, 0.3) is 0 Å². The highest BCUT2D eigenvalue weighted by Gasteiger charge is 2.41. The summed E-state index contributed by atoms with van der Waals surface area (Å²) in [6, 6.07) is 6.16. The second-order valence-corrected chi connectivity index (χ2v) is 7.88. The van der Waals surface area contributed by atoms with Crippen molar-refractivity contribution in [2.24, 2.45) is 0 Å². The summed E-state index contributed by atoms with van der Waals surface area (Å²) in [5, 5.41) is 2.26. The first-order valence-electron chi connectivity index (χ1n) is 11.2. The first-order valence-corrected chi connectivity index (χ1v) is 10.1. The van der Waals surface area contributed by atoms with Gasteiger partial charge in [0.15, 0.2) is 0 Å². The van der Waals surface area contributed by atoms with Crippen molar-refractivity contribution in [2.75, 3.05) is 0 Å². The van der Waals surface area contributed by atoms with E-state index < -0.39 is 53.8 Å². The van der Waals surface area contributed by atoms with E-state index in [2.05, 4.69) is 0 Å². The number of alkyl halides is 2. The predicted octanol–water partition coefficient (Wildman–Crippen LogP) is 3.39. The van der Waals surface area contributed by atoms with Gasteiger partial charge in [0.25, 0.3) is 5.91 Å². The van der Waals surface area contributed by atoms with Gasteiger partial charge in [-0.25, -0.2) is 0 Å². The Balaban J connectivity index is 1.56. The lowest BCUT2D eigenvalue weighted by atomic mass is 9.97. The van der Waals surface area contributed by atoms with Crippen LogP contribution in [-0.2, 0) is 33.2 Å². The molecule has 0 aliphatic carbocycles. The van der Waals surface area contributed by atoms with E-state index in [1.54, 1.807) is 0 Å². The quantitative estimate of drug-likeness (QED) is 0.665. The Morgan fingerprint density at radius 3 is 2.62 bits per heavy atom. The normalized spacial score (nSPS) is 22.7. The number of carbonyl (C=O) groups is 4. The van der Waals surface area contributed by atoms with Gasteiger partial charge in [0.1, 0.15) is 6.02 Å². The molecule has 32 heavy (non-hydrogen) atoms. The highest BCUT2D eigenvalue weighted by atomic mass is 35.5. The maximum Gasteiger partial charge on any atom is 0.330 e. The molecule has 1 N–H and O–H groups in total. The fourth-order valence-electron chi connectivity index (χ4n) is 3.63. The van der Waals surface area contributed by atoms with Crippen molar-refractivity contribution in [2.45, 2.75) is 44.1 Å². The number of hydrogen-bond donors (Lipinski definition) is 1. The van der Waals surface area contributed by atoms with Crippen molar-refractivity contribution in [3.05, 3.63) is 69.7 Å². The highest BCUT2D eigenvalue weighted by Crippen LogP contribution is 2.32. The Hall–Kier alpha value is -3.13. The third-order valence-corrected chi connectivity index (χ3v) is 5.60. The Kier molecular flexibility index (Phi) is 4.86. The number of Topliss-reactive ketones (excluding diaryl/α,β-unsaturated/α-hetero) is 1. The number of piperidine rings is 1. The number of ketones is 1. The molecule has 3 amide bonds. The van der Waals surface area contributed by atoms with Crippen molar-refractivity contribution in [3.8, 4) is 0 Å². The molecule has 2 aromatic rings. The molecule has 6 nitrogen and oxygen atoms in total. The summed E-state index contributed by atoms with van der Waals surface area (Å²) in [4.78, 5) is 50.0. The highest BCUT2D eigenvalue weighted by molar-refractivity contribution is 6.30. The summed E-state index contributed by atoms with van der Waals surface area (Å²) >= 11 is 5.70. The van der Waals surface area contributed by atoms with Crippen molar-refractivity contribution in [3.63, 3.8) is 0 Å². The summed E-state index contributed by atoms with van der Waals surface area (Å²) in [7, 11) is 0. The van der Waals surface area contributed by atoms with Crippen molar-refractivity contribution in [1.82, 2.24) is 10.2 Å². The lowest BCUT2D eigenvalue weighted by Crippen LogP contribution is -2.52. The molecule has 2 aliphatic rings. The maximum absolute atomic E-state index is 14.7. The number of hydrogen-bond acceptors (Lipinski definition) is 4. The third kappa shape index (κ3) is 4.14. The van der Waals surface area contributed by atoms with Gasteiger partial charge in [-0.05, 0) is 42.1 Å². The second-order valence-electron chi connectivity index (χ2n) is 7.45. The Morgan fingerprint density at radius 2 is 1.94 bits per heavy atom. The van der Waals surface area contributed by atoms with Crippen LogP contribution in [0.2, 0.25) is 5.02 Å². The van der Waals surface area contributed by atoms with Gasteiger partial charge in [0.05, 0.1) is 1.37 Å². The summed E-state index contributed by atoms with van der Waals surface area (Å²) in [6.45, 7) is -0.210. The van der Waals surface area contributed by atoms with Crippen LogP contribution in [-0.4, -0.2) is 34.4 Å². The first kappa shape index (κ1) is 18.4. The monoisotopic (exact) mass is 463 g/mol. The zero-order chi connectivity index (χ0) is 25.8.